The Kier molecular flexibility index (Phi) is 14.0. The lowest BCUT2D eigenvalue weighted by Gasteiger charge is -2.58. The molecule has 15 heteroatoms. The standard InChI is InChI=1S/C31H43NO14/c1-6-44-28(27(39)32-24(37)13-10-15-43-17-22-11-8-7-9-12-22)45-16-14-23-29(40,19(3)34)31(42,21(5)36)30(41,20(4)35)26(46-23)25(38)18(2)33/h7-9,11-12,23,25-26,28,38,40-42H,6,10,13-17H2,1-5H3,(H,32,37,39)/t23-,25?,26+,28?,29-,30-,31+/m0/s1. The van der Waals surface area contributed by atoms with Crippen molar-refractivity contribution in [3.8, 4) is 0 Å². The van der Waals surface area contributed by atoms with E-state index in [0.29, 0.717) is 26.9 Å². The lowest BCUT2D eigenvalue weighted by Crippen LogP contribution is -2.87. The van der Waals surface area contributed by atoms with Crippen molar-refractivity contribution in [1.29, 1.82) is 0 Å². The van der Waals surface area contributed by atoms with E-state index in [1.54, 1.807) is 0 Å². The van der Waals surface area contributed by atoms with Gasteiger partial charge in [-0.2, -0.15) is 0 Å². The number of aliphatic hydroxyl groups excluding tert-OH is 1. The molecular formula is C31H43NO14. The van der Waals surface area contributed by atoms with Gasteiger partial charge >= 0.3 is 0 Å². The van der Waals surface area contributed by atoms with E-state index < -0.39 is 89.4 Å². The van der Waals surface area contributed by atoms with Gasteiger partial charge < -0.3 is 39.4 Å². The molecule has 256 valence electrons. The summed E-state index contributed by atoms with van der Waals surface area (Å²) in [7, 11) is 0. The van der Waals surface area contributed by atoms with Crippen LogP contribution in [0.2, 0.25) is 0 Å². The summed E-state index contributed by atoms with van der Waals surface area (Å²) in [6, 6.07) is 9.40. The number of carbonyl (C=O) groups excluding carboxylic acids is 6. The lowest BCUT2D eigenvalue weighted by molar-refractivity contribution is -0.329. The number of imide groups is 1. The van der Waals surface area contributed by atoms with E-state index in [1.165, 1.54) is 6.92 Å². The van der Waals surface area contributed by atoms with Crippen molar-refractivity contribution in [2.24, 2.45) is 0 Å². The van der Waals surface area contributed by atoms with E-state index >= 15 is 0 Å². The molecule has 1 aromatic rings. The van der Waals surface area contributed by atoms with Gasteiger partial charge in [0, 0.05) is 26.1 Å². The van der Waals surface area contributed by atoms with Crippen molar-refractivity contribution in [2.45, 2.75) is 102 Å². The van der Waals surface area contributed by atoms with Crippen LogP contribution in [0.4, 0.5) is 0 Å². The molecule has 2 unspecified atom stereocenters. The van der Waals surface area contributed by atoms with Crippen LogP contribution >= 0.6 is 0 Å². The fourth-order valence-electron chi connectivity index (χ4n) is 5.36. The van der Waals surface area contributed by atoms with Crippen molar-refractivity contribution in [2.75, 3.05) is 19.8 Å². The average Bonchev–Trinajstić information content (AvgIpc) is 2.99. The normalized spacial score (nSPS) is 27.3. The molecule has 1 fully saturated rings. The zero-order chi connectivity index (χ0) is 34.9. The first-order valence-corrected chi connectivity index (χ1v) is 14.7. The van der Waals surface area contributed by atoms with Gasteiger partial charge in [-0.15, -0.1) is 0 Å². The highest BCUT2D eigenvalue weighted by Crippen LogP contribution is 2.48. The lowest BCUT2D eigenvalue weighted by atomic mass is 9.58. The van der Waals surface area contributed by atoms with Crippen LogP contribution in [-0.4, -0.2) is 117 Å². The first kappa shape index (κ1) is 38.9. The Labute approximate surface area is 266 Å². The molecule has 1 heterocycles. The second-order valence-electron chi connectivity index (χ2n) is 11.0. The number of amides is 2. The minimum atomic E-state index is -3.59. The number of hydrogen-bond acceptors (Lipinski definition) is 14. The van der Waals surface area contributed by atoms with Gasteiger partial charge in [-0.1, -0.05) is 30.3 Å². The molecule has 15 nitrogen and oxygen atoms in total. The Morgan fingerprint density at radius 1 is 0.891 bits per heavy atom. The number of rotatable bonds is 18. The summed E-state index contributed by atoms with van der Waals surface area (Å²) in [5.74, 6) is -6.76. The van der Waals surface area contributed by atoms with Gasteiger partial charge in [0.1, 0.15) is 12.2 Å². The zero-order valence-corrected chi connectivity index (χ0v) is 26.5. The number of carbonyl (C=O) groups is 6. The molecule has 1 aliphatic heterocycles. The molecule has 0 bridgehead atoms. The summed E-state index contributed by atoms with van der Waals surface area (Å²) in [5.41, 5.74) is -9.36. The van der Waals surface area contributed by atoms with Gasteiger partial charge in [0.05, 0.1) is 19.3 Å². The Morgan fingerprint density at radius 2 is 1.50 bits per heavy atom. The van der Waals surface area contributed by atoms with Crippen molar-refractivity contribution >= 4 is 34.9 Å². The van der Waals surface area contributed by atoms with Gasteiger partial charge in [-0.3, -0.25) is 34.1 Å². The first-order chi connectivity index (χ1) is 21.5. The summed E-state index contributed by atoms with van der Waals surface area (Å²) in [4.78, 5) is 75.5. The summed E-state index contributed by atoms with van der Waals surface area (Å²) in [6.07, 6.45) is -8.57. The monoisotopic (exact) mass is 653 g/mol. The number of benzene rings is 1. The third-order valence-corrected chi connectivity index (χ3v) is 7.83. The van der Waals surface area contributed by atoms with Gasteiger partial charge in [-0.05, 0) is 46.6 Å². The quantitative estimate of drug-likeness (QED) is 0.0952. The summed E-state index contributed by atoms with van der Waals surface area (Å²) in [6.45, 7) is 4.58. The molecular weight excluding hydrogens is 610 g/mol. The molecule has 0 aliphatic carbocycles. The van der Waals surface area contributed by atoms with E-state index in [9.17, 15) is 49.2 Å². The predicted octanol–water partition coefficient (Wildman–Crippen LogP) is -0.927. The van der Waals surface area contributed by atoms with E-state index in [1.807, 2.05) is 30.3 Å². The van der Waals surface area contributed by atoms with Crippen LogP contribution in [0, 0.1) is 0 Å². The molecule has 0 spiro atoms. The van der Waals surface area contributed by atoms with Crippen LogP contribution in [0.15, 0.2) is 30.3 Å². The third-order valence-electron chi connectivity index (χ3n) is 7.83. The number of aliphatic hydroxyl groups is 4. The molecule has 5 N–H and O–H groups in total. The van der Waals surface area contributed by atoms with Crippen LogP contribution in [0.25, 0.3) is 0 Å². The van der Waals surface area contributed by atoms with E-state index in [0.717, 1.165) is 19.4 Å². The molecule has 1 aliphatic rings. The molecule has 0 aromatic heterocycles. The zero-order valence-electron chi connectivity index (χ0n) is 26.5. The van der Waals surface area contributed by atoms with Crippen LogP contribution < -0.4 is 5.32 Å². The topological polar surface area (TPSA) is 232 Å². The van der Waals surface area contributed by atoms with Crippen LogP contribution in [0.1, 0.15) is 59.4 Å². The van der Waals surface area contributed by atoms with Gasteiger partial charge in [-0.25, -0.2) is 0 Å². The highest BCUT2D eigenvalue weighted by molar-refractivity contribution is 6.05. The van der Waals surface area contributed by atoms with E-state index in [-0.39, 0.29) is 19.6 Å². The molecule has 7 atom stereocenters. The van der Waals surface area contributed by atoms with Crippen molar-refractivity contribution < 1.29 is 68.1 Å². The van der Waals surface area contributed by atoms with Gasteiger partial charge in [0.15, 0.2) is 39.9 Å². The summed E-state index contributed by atoms with van der Waals surface area (Å²) in [5, 5.41) is 47.2. The minimum Gasteiger partial charge on any atom is -0.382 e. The number of Topliss-reactive ketones (excluding diaryl/α,β-unsaturated/α-hetero) is 4. The smallest absolute Gasteiger partial charge is 0.283 e. The molecule has 2 amide bonds. The molecule has 1 saturated heterocycles. The first-order valence-electron chi connectivity index (χ1n) is 14.7. The number of nitrogens with one attached hydrogen (secondary N) is 1. The second kappa shape index (κ2) is 16.5. The van der Waals surface area contributed by atoms with E-state index in [4.69, 9.17) is 18.9 Å². The maximum Gasteiger partial charge on any atom is 0.283 e. The second-order valence-corrected chi connectivity index (χ2v) is 11.0. The summed E-state index contributed by atoms with van der Waals surface area (Å²) >= 11 is 0. The van der Waals surface area contributed by atoms with Crippen molar-refractivity contribution in [1.82, 2.24) is 5.32 Å². The Hall–Kier alpha value is -3.28. The SMILES string of the molecule is CCOC(OCC[C@@H]1O[C@H](C(O)C(C)=O)[C@@](O)(C(C)=O)[C@@](O)(C(C)=O)[C@]1(O)C(C)=O)C(=O)NC(=O)CCCOCc1ccccc1. The van der Waals surface area contributed by atoms with Crippen LogP contribution in [0.5, 0.6) is 0 Å². The molecule has 46 heavy (non-hydrogen) atoms. The average molecular weight is 654 g/mol. The largest absolute Gasteiger partial charge is 0.382 e. The van der Waals surface area contributed by atoms with Crippen LogP contribution in [-0.2, 0) is 54.3 Å². The fraction of sp³-hybridized carbons (Fsp3) is 0.613. The van der Waals surface area contributed by atoms with Gasteiger partial charge in [0.2, 0.25) is 12.2 Å². The van der Waals surface area contributed by atoms with Gasteiger partial charge in [0.25, 0.3) is 5.91 Å². The van der Waals surface area contributed by atoms with Crippen molar-refractivity contribution in [3.05, 3.63) is 35.9 Å². The Balaban J connectivity index is 2.15. The molecule has 2 rings (SSSR count). The Morgan fingerprint density at radius 3 is 2.02 bits per heavy atom. The highest BCUT2D eigenvalue weighted by atomic mass is 16.7. The highest BCUT2D eigenvalue weighted by Gasteiger charge is 2.78. The number of ether oxygens (including phenoxy) is 4. The Bertz CT molecular complexity index is 1270. The molecule has 0 saturated carbocycles. The summed E-state index contributed by atoms with van der Waals surface area (Å²) < 4.78 is 21.8. The number of ketones is 4. The third kappa shape index (κ3) is 7.98. The minimum absolute atomic E-state index is 0.0421. The maximum atomic E-state index is 12.8. The molecule has 1 aromatic carbocycles. The van der Waals surface area contributed by atoms with Crippen molar-refractivity contribution in [3.63, 3.8) is 0 Å². The predicted molar refractivity (Wildman–Crippen MR) is 157 cm³/mol. The van der Waals surface area contributed by atoms with Crippen LogP contribution in [0.3, 0.4) is 0 Å². The number of hydrogen-bond donors (Lipinski definition) is 5. The maximum absolute atomic E-state index is 12.8. The molecule has 0 radical (unpaired) electrons. The van der Waals surface area contributed by atoms with E-state index in [2.05, 4.69) is 5.32 Å². The fourth-order valence-corrected chi connectivity index (χ4v) is 5.36.